The van der Waals surface area contributed by atoms with Gasteiger partial charge in [0, 0.05) is 5.56 Å². The molecule has 1 aliphatic heterocycles. The molecular formula is C17H14Cl2O5. The van der Waals surface area contributed by atoms with Crippen LogP contribution >= 0.6 is 23.2 Å². The van der Waals surface area contributed by atoms with Crippen LogP contribution in [0.25, 0.3) is 0 Å². The van der Waals surface area contributed by atoms with Gasteiger partial charge in [-0.3, -0.25) is 0 Å². The average molecular weight is 369 g/mol. The average Bonchev–Trinajstić information content (AvgIpc) is 3.12. The van der Waals surface area contributed by atoms with E-state index in [0.29, 0.717) is 24.0 Å². The maximum Gasteiger partial charge on any atom is 0.343 e. The molecule has 5 nitrogen and oxygen atoms in total. The van der Waals surface area contributed by atoms with Gasteiger partial charge in [-0.2, -0.15) is 0 Å². The Morgan fingerprint density at radius 2 is 1.79 bits per heavy atom. The minimum Gasteiger partial charge on any atom is -0.493 e. The van der Waals surface area contributed by atoms with Crippen LogP contribution < -0.4 is 9.47 Å². The van der Waals surface area contributed by atoms with Gasteiger partial charge < -0.3 is 18.9 Å². The van der Waals surface area contributed by atoms with Crippen LogP contribution in [-0.2, 0) is 9.47 Å². The highest BCUT2D eigenvalue weighted by atomic mass is 35.5. The number of methoxy groups -OCH3 is 1. The van der Waals surface area contributed by atoms with Gasteiger partial charge in [-0.05, 0) is 36.4 Å². The van der Waals surface area contributed by atoms with Gasteiger partial charge in [0.05, 0.1) is 35.9 Å². The molecule has 1 fully saturated rings. The third-order valence-electron chi connectivity index (χ3n) is 3.44. The zero-order valence-electron chi connectivity index (χ0n) is 12.8. The first-order chi connectivity index (χ1) is 11.6. The molecule has 0 unspecified atom stereocenters. The second-order valence-electron chi connectivity index (χ2n) is 5.00. The van der Waals surface area contributed by atoms with Crippen LogP contribution in [0.15, 0.2) is 36.4 Å². The van der Waals surface area contributed by atoms with Crippen LogP contribution in [0.5, 0.6) is 11.5 Å². The van der Waals surface area contributed by atoms with Crippen LogP contribution in [-0.4, -0.2) is 26.3 Å². The molecule has 0 radical (unpaired) electrons. The second kappa shape index (κ2) is 7.40. The number of hydrogen-bond donors (Lipinski definition) is 0. The summed E-state index contributed by atoms with van der Waals surface area (Å²) in [4.78, 5) is 12.3. The topological polar surface area (TPSA) is 54.0 Å². The monoisotopic (exact) mass is 368 g/mol. The normalized spacial score (nSPS) is 14.6. The summed E-state index contributed by atoms with van der Waals surface area (Å²) >= 11 is 11.8. The molecule has 1 saturated heterocycles. The van der Waals surface area contributed by atoms with E-state index in [9.17, 15) is 4.79 Å². The molecule has 0 N–H and O–H groups in total. The van der Waals surface area contributed by atoms with E-state index in [1.54, 1.807) is 18.2 Å². The first-order valence-corrected chi connectivity index (χ1v) is 7.92. The second-order valence-corrected chi connectivity index (χ2v) is 5.82. The summed E-state index contributed by atoms with van der Waals surface area (Å²) in [6.07, 6.45) is -0.432. The van der Waals surface area contributed by atoms with E-state index in [0.717, 1.165) is 5.56 Å². The maximum atomic E-state index is 12.3. The lowest BCUT2D eigenvalue weighted by Crippen LogP contribution is -2.09. The first kappa shape index (κ1) is 17.0. The molecule has 0 spiro atoms. The molecule has 2 aromatic carbocycles. The lowest BCUT2D eigenvalue weighted by molar-refractivity contribution is -0.0442. The molecule has 0 atom stereocenters. The Labute approximate surface area is 149 Å². The van der Waals surface area contributed by atoms with Gasteiger partial charge in [-0.1, -0.05) is 23.2 Å². The number of esters is 1. The third kappa shape index (κ3) is 3.65. The molecule has 0 aromatic heterocycles. The molecule has 0 saturated carbocycles. The van der Waals surface area contributed by atoms with Crippen LogP contribution in [0.4, 0.5) is 0 Å². The Kier molecular flexibility index (Phi) is 5.26. The van der Waals surface area contributed by atoms with E-state index in [2.05, 4.69) is 0 Å². The van der Waals surface area contributed by atoms with Gasteiger partial charge in [0.25, 0.3) is 0 Å². The van der Waals surface area contributed by atoms with Gasteiger partial charge in [-0.15, -0.1) is 0 Å². The quantitative estimate of drug-likeness (QED) is 0.595. The van der Waals surface area contributed by atoms with Gasteiger partial charge in [0.2, 0.25) is 0 Å². The van der Waals surface area contributed by atoms with Crippen molar-refractivity contribution in [2.75, 3.05) is 20.3 Å². The van der Waals surface area contributed by atoms with Crippen molar-refractivity contribution in [1.29, 1.82) is 0 Å². The highest BCUT2D eigenvalue weighted by Crippen LogP contribution is 2.33. The van der Waals surface area contributed by atoms with Gasteiger partial charge in [0.15, 0.2) is 17.8 Å². The van der Waals surface area contributed by atoms with Crippen molar-refractivity contribution in [1.82, 2.24) is 0 Å². The Balaban J connectivity index is 1.80. The van der Waals surface area contributed by atoms with Gasteiger partial charge in [0.1, 0.15) is 0 Å². The molecule has 0 aliphatic carbocycles. The SMILES string of the molecule is COc1cc(C2OCCO2)ccc1OC(=O)c1ccc(Cl)c(Cl)c1. The van der Waals surface area contributed by atoms with Crippen molar-refractivity contribution in [3.8, 4) is 11.5 Å². The molecule has 0 bridgehead atoms. The molecule has 24 heavy (non-hydrogen) atoms. The van der Waals surface area contributed by atoms with E-state index in [1.165, 1.54) is 25.3 Å². The van der Waals surface area contributed by atoms with Crippen LogP contribution in [0.3, 0.4) is 0 Å². The Hall–Kier alpha value is -1.79. The van der Waals surface area contributed by atoms with Crippen LogP contribution in [0.2, 0.25) is 10.0 Å². The van der Waals surface area contributed by atoms with E-state index >= 15 is 0 Å². The molecule has 1 heterocycles. The Bertz CT molecular complexity index is 757. The summed E-state index contributed by atoms with van der Waals surface area (Å²) in [5, 5.41) is 0.649. The number of halogens is 2. The van der Waals surface area contributed by atoms with Crippen LogP contribution in [0.1, 0.15) is 22.2 Å². The zero-order valence-corrected chi connectivity index (χ0v) is 14.3. The fraction of sp³-hybridized carbons (Fsp3) is 0.235. The van der Waals surface area contributed by atoms with E-state index < -0.39 is 12.3 Å². The molecule has 1 aliphatic rings. The molecule has 7 heteroatoms. The standard InChI is InChI=1S/C17H14Cl2O5/c1-21-15-9-11(17-22-6-7-23-17)3-5-14(15)24-16(20)10-2-4-12(18)13(19)8-10/h2-5,8-9,17H,6-7H2,1H3. The van der Waals surface area contributed by atoms with Crippen molar-refractivity contribution >= 4 is 29.2 Å². The third-order valence-corrected chi connectivity index (χ3v) is 4.18. The van der Waals surface area contributed by atoms with E-state index in [1.807, 2.05) is 0 Å². The smallest absolute Gasteiger partial charge is 0.343 e. The molecular weight excluding hydrogens is 355 g/mol. The molecule has 3 rings (SSSR count). The largest absolute Gasteiger partial charge is 0.493 e. The summed E-state index contributed by atoms with van der Waals surface area (Å²) < 4.78 is 21.6. The van der Waals surface area contributed by atoms with Crippen molar-refractivity contribution in [3.63, 3.8) is 0 Å². The predicted molar refractivity (Wildman–Crippen MR) is 89.1 cm³/mol. The van der Waals surface area contributed by atoms with E-state index in [-0.39, 0.29) is 16.3 Å². The fourth-order valence-electron chi connectivity index (χ4n) is 2.25. The van der Waals surface area contributed by atoms with Gasteiger partial charge in [-0.25, -0.2) is 4.79 Å². The lowest BCUT2D eigenvalue weighted by Gasteiger charge is -2.14. The number of hydrogen-bond acceptors (Lipinski definition) is 5. The minimum absolute atomic E-state index is 0.281. The number of ether oxygens (including phenoxy) is 4. The highest BCUT2D eigenvalue weighted by Gasteiger charge is 2.21. The highest BCUT2D eigenvalue weighted by molar-refractivity contribution is 6.42. The Morgan fingerprint density at radius 1 is 1.04 bits per heavy atom. The maximum absolute atomic E-state index is 12.3. The molecule has 0 amide bonds. The van der Waals surface area contributed by atoms with E-state index in [4.69, 9.17) is 42.1 Å². The number of carbonyl (C=O) groups is 1. The molecule has 126 valence electrons. The summed E-state index contributed by atoms with van der Waals surface area (Å²) in [6, 6.07) is 9.64. The Morgan fingerprint density at radius 3 is 2.46 bits per heavy atom. The zero-order chi connectivity index (χ0) is 17.1. The predicted octanol–water partition coefficient (Wildman–Crippen LogP) is 4.27. The summed E-state index contributed by atoms with van der Waals surface area (Å²) in [6.45, 7) is 1.09. The number of benzene rings is 2. The lowest BCUT2D eigenvalue weighted by atomic mass is 10.2. The fourth-order valence-corrected chi connectivity index (χ4v) is 2.55. The van der Waals surface area contributed by atoms with Crippen molar-refractivity contribution in [2.45, 2.75) is 6.29 Å². The minimum atomic E-state index is -0.562. The summed E-state index contributed by atoms with van der Waals surface area (Å²) in [7, 11) is 1.49. The van der Waals surface area contributed by atoms with Crippen molar-refractivity contribution in [2.24, 2.45) is 0 Å². The first-order valence-electron chi connectivity index (χ1n) is 7.17. The number of carbonyl (C=O) groups excluding carboxylic acids is 1. The van der Waals surface area contributed by atoms with Crippen LogP contribution in [0, 0.1) is 0 Å². The molecule has 2 aromatic rings. The summed E-state index contributed by atoms with van der Waals surface area (Å²) in [5.41, 5.74) is 1.08. The van der Waals surface area contributed by atoms with Crippen molar-refractivity contribution < 1.29 is 23.7 Å². The number of rotatable bonds is 4. The van der Waals surface area contributed by atoms with Gasteiger partial charge >= 0.3 is 5.97 Å². The van der Waals surface area contributed by atoms with Crippen molar-refractivity contribution in [3.05, 3.63) is 57.6 Å². The summed E-state index contributed by atoms with van der Waals surface area (Å²) in [5.74, 6) is 0.128.